The molecular weight excluding hydrogens is 532 g/mol. The minimum absolute atomic E-state index is 0.0243. The van der Waals surface area contributed by atoms with E-state index in [1.165, 1.54) is 22.7 Å². The summed E-state index contributed by atoms with van der Waals surface area (Å²) in [6, 6.07) is 28.6. The van der Waals surface area contributed by atoms with Crippen LogP contribution in [0, 0.1) is 10.1 Å². The summed E-state index contributed by atoms with van der Waals surface area (Å²) in [4.78, 5) is 22.8. The number of non-ortho nitro benzene ring substituents is 1. The second kappa shape index (κ2) is 12.7. The molecule has 0 fully saturated rings. The molecule has 0 radical (unpaired) electrons. The van der Waals surface area contributed by atoms with Gasteiger partial charge in [0.25, 0.3) is 11.6 Å². The molecule has 1 N–H and O–H groups in total. The van der Waals surface area contributed by atoms with Crippen molar-refractivity contribution < 1.29 is 22.9 Å². The van der Waals surface area contributed by atoms with Gasteiger partial charge in [-0.25, -0.2) is 13.8 Å². The van der Waals surface area contributed by atoms with Gasteiger partial charge in [-0.05, 0) is 77.4 Å². The van der Waals surface area contributed by atoms with Crippen LogP contribution in [0.15, 0.2) is 108 Å². The van der Waals surface area contributed by atoms with Gasteiger partial charge >= 0.3 is 0 Å². The number of nitro groups is 1. The number of nitrogens with zero attached hydrogens (tertiary/aromatic N) is 3. The van der Waals surface area contributed by atoms with Crippen molar-refractivity contribution in [3.8, 4) is 5.75 Å². The van der Waals surface area contributed by atoms with Gasteiger partial charge in [0, 0.05) is 17.7 Å². The van der Waals surface area contributed by atoms with Gasteiger partial charge in [-0.1, -0.05) is 30.3 Å². The van der Waals surface area contributed by atoms with Gasteiger partial charge in [0.2, 0.25) is 10.0 Å². The lowest BCUT2D eigenvalue weighted by Gasteiger charge is -2.22. The molecule has 0 spiro atoms. The molecule has 10 nitrogen and oxygen atoms in total. The first kappa shape index (κ1) is 28.0. The number of rotatable bonds is 11. The van der Waals surface area contributed by atoms with Gasteiger partial charge in [-0.2, -0.15) is 5.10 Å². The number of sulfonamides is 1. The van der Waals surface area contributed by atoms with Crippen molar-refractivity contribution in [1.82, 2.24) is 5.43 Å². The van der Waals surface area contributed by atoms with E-state index in [1.54, 1.807) is 84.9 Å². The van der Waals surface area contributed by atoms with E-state index in [9.17, 15) is 23.3 Å². The molecular formula is C29H26N4O6S. The number of hydrogen-bond acceptors (Lipinski definition) is 7. The van der Waals surface area contributed by atoms with E-state index in [0.29, 0.717) is 17.0 Å². The Kier molecular flexibility index (Phi) is 8.87. The second-order valence-corrected chi connectivity index (χ2v) is 10.7. The van der Waals surface area contributed by atoms with Crippen molar-refractivity contribution in [1.29, 1.82) is 0 Å². The van der Waals surface area contributed by atoms with Gasteiger partial charge in [-0.15, -0.1) is 0 Å². The van der Waals surface area contributed by atoms with Crippen LogP contribution in [0.4, 0.5) is 11.4 Å². The normalized spacial score (nSPS) is 11.2. The summed E-state index contributed by atoms with van der Waals surface area (Å²) in [5.41, 5.74) is 5.70. The Morgan fingerprint density at radius 2 is 1.55 bits per heavy atom. The SMILES string of the molecule is CS(=O)(=O)N(Cc1ccc(C(=O)N/N=C\c2ccc(OCc3ccc([N+](=O)[O-])cc3)cc2)cc1)c1ccccc1. The number of anilines is 1. The second-order valence-electron chi connectivity index (χ2n) is 8.78. The van der Waals surface area contributed by atoms with E-state index in [4.69, 9.17) is 4.74 Å². The van der Waals surface area contributed by atoms with Gasteiger partial charge in [0.15, 0.2) is 0 Å². The Hall–Kier alpha value is -5.03. The molecule has 0 saturated carbocycles. The molecule has 0 aliphatic rings. The number of ether oxygens (including phenoxy) is 1. The van der Waals surface area contributed by atoms with E-state index >= 15 is 0 Å². The first-order valence-corrected chi connectivity index (χ1v) is 14.0. The summed E-state index contributed by atoms with van der Waals surface area (Å²) < 4.78 is 31.6. The minimum Gasteiger partial charge on any atom is -0.489 e. The standard InChI is InChI=1S/C29H26N4O6S/c1-40(37,38)32(26-5-3-2-4-6-26)20-23-7-13-25(14-8-23)29(34)31-30-19-22-11-17-28(18-12-22)39-21-24-9-15-27(16-10-24)33(35)36/h2-19H,20-21H2,1H3,(H,31,34)/b30-19-. The number of hydrazone groups is 1. The largest absolute Gasteiger partial charge is 0.489 e. The van der Waals surface area contributed by atoms with Crippen LogP contribution in [0.3, 0.4) is 0 Å². The first-order valence-electron chi connectivity index (χ1n) is 12.1. The Morgan fingerprint density at radius 3 is 2.15 bits per heavy atom. The van der Waals surface area contributed by atoms with Crippen molar-refractivity contribution in [2.75, 3.05) is 10.6 Å². The van der Waals surface area contributed by atoms with Crippen LogP contribution in [0.2, 0.25) is 0 Å². The van der Waals surface area contributed by atoms with Crippen molar-refractivity contribution >= 4 is 33.5 Å². The molecule has 4 rings (SSSR count). The van der Waals surface area contributed by atoms with E-state index in [-0.39, 0.29) is 18.8 Å². The number of carbonyl (C=O) groups is 1. The lowest BCUT2D eigenvalue weighted by atomic mass is 10.1. The van der Waals surface area contributed by atoms with Crippen LogP contribution in [0.5, 0.6) is 5.75 Å². The number of nitrogens with one attached hydrogen (secondary N) is 1. The Labute approximate surface area is 231 Å². The predicted octanol–water partition coefficient (Wildman–Crippen LogP) is 4.90. The number of benzene rings is 4. The molecule has 4 aromatic rings. The average Bonchev–Trinajstić information content (AvgIpc) is 2.96. The smallest absolute Gasteiger partial charge is 0.271 e. The third kappa shape index (κ3) is 7.74. The number of carbonyl (C=O) groups excluding carboxylic acids is 1. The highest BCUT2D eigenvalue weighted by Crippen LogP contribution is 2.20. The van der Waals surface area contributed by atoms with E-state index in [0.717, 1.165) is 22.9 Å². The molecule has 4 aromatic carbocycles. The van der Waals surface area contributed by atoms with Crippen LogP contribution >= 0.6 is 0 Å². The Morgan fingerprint density at radius 1 is 0.925 bits per heavy atom. The van der Waals surface area contributed by atoms with Gasteiger partial charge < -0.3 is 4.74 Å². The number of amides is 1. The summed E-state index contributed by atoms with van der Waals surface area (Å²) in [7, 11) is -3.50. The van der Waals surface area contributed by atoms with Crippen LogP contribution in [0.1, 0.15) is 27.0 Å². The molecule has 0 aliphatic heterocycles. The Balaban J connectivity index is 1.29. The molecule has 0 bridgehead atoms. The zero-order chi connectivity index (χ0) is 28.5. The highest BCUT2D eigenvalue weighted by atomic mass is 32.2. The zero-order valence-corrected chi connectivity index (χ0v) is 22.3. The maximum absolute atomic E-state index is 12.5. The van der Waals surface area contributed by atoms with Crippen LogP contribution in [0.25, 0.3) is 0 Å². The van der Waals surface area contributed by atoms with E-state index in [2.05, 4.69) is 10.5 Å². The fourth-order valence-electron chi connectivity index (χ4n) is 3.68. The Bertz CT molecular complexity index is 1590. The predicted molar refractivity (Wildman–Crippen MR) is 153 cm³/mol. The van der Waals surface area contributed by atoms with Crippen molar-refractivity contribution in [2.45, 2.75) is 13.2 Å². The fraction of sp³-hybridized carbons (Fsp3) is 0.103. The maximum Gasteiger partial charge on any atom is 0.271 e. The van der Waals surface area contributed by atoms with Crippen molar-refractivity contribution in [3.05, 3.63) is 135 Å². The van der Waals surface area contributed by atoms with Crippen LogP contribution in [-0.2, 0) is 23.2 Å². The lowest BCUT2D eigenvalue weighted by molar-refractivity contribution is -0.384. The molecule has 40 heavy (non-hydrogen) atoms. The molecule has 0 heterocycles. The van der Waals surface area contributed by atoms with E-state index in [1.807, 2.05) is 6.07 Å². The third-order valence-corrected chi connectivity index (χ3v) is 6.94. The van der Waals surface area contributed by atoms with Gasteiger partial charge in [0.1, 0.15) is 12.4 Å². The molecule has 11 heteroatoms. The third-order valence-electron chi connectivity index (χ3n) is 5.80. The van der Waals surface area contributed by atoms with Crippen LogP contribution < -0.4 is 14.5 Å². The summed E-state index contributed by atoms with van der Waals surface area (Å²) >= 11 is 0. The van der Waals surface area contributed by atoms with Crippen molar-refractivity contribution in [2.24, 2.45) is 5.10 Å². The monoisotopic (exact) mass is 558 g/mol. The lowest BCUT2D eigenvalue weighted by Crippen LogP contribution is -2.29. The fourth-order valence-corrected chi connectivity index (χ4v) is 4.57. The van der Waals surface area contributed by atoms with E-state index < -0.39 is 20.9 Å². The maximum atomic E-state index is 12.5. The summed E-state index contributed by atoms with van der Waals surface area (Å²) in [6.07, 6.45) is 2.65. The number of hydrogen-bond donors (Lipinski definition) is 1. The van der Waals surface area contributed by atoms with Crippen molar-refractivity contribution in [3.63, 3.8) is 0 Å². The molecule has 0 saturated heterocycles. The molecule has 0 unspecified atom stereocenters. The highest BCUT2D eigenvalue weighted by molar-refractivity contribution is 7.92. The summed E-state index contributed by atoms with van der Waals surface area (Å²) in [6.45, 7) is 0.398. The zero-order valence-electron chi connectivity index (χ0n) is 21.5. The minimum atomic E-state index is -3.50. The number of nitro benzene ring substituents is 1. The highest BCUT2D eigenvalue weighted by Gasteiger charge is 2.17. The molecule has 0 aliphatic carbocycles. The topological polar surface area (TPSA) is 131 Å². The first-order chi connectivity index (χ1) is 19.2. The average molecular weight is 559 g/mol. The quantitative estimate of drug-likeness (QED) is 0.158. The number of para-hydroxylation sites is 1. The molecule has 0 atom stereocenters. The summed E-state index contributed by atoms with van der Waals surface area (Å²) in [5.74, 6) is 0.204. The molecule has 204 valence electrons. The van der Waals surface area contributed by atoms with Gasteiger partial charge in [-0.3, -0.25) is 19.2 Å². The summed E-state index contributed by atoms with van der Waals surface area (Å²) in [5, 5.41) is 14.7. The molecule has 1 amide bonds. The van der Waals surface area contributed by atoms with Gasteiger partial charge in [0.05, 0.1) is 29.6 Å². The molecule has 0 aromatic heterocycles. The van der Waals surface area contributed by atoms with Crippen LogP contribution in [-0.4, -0.2) is 31.7 Å².